The summed E-state index contributed by atoms with van der Waals surface area (Å²) in [5, 5.41) is 15.4. The van der Waals surface area contributed by atoms with Crippen molar-refractivity contribution in [3.8, 4) is 6.07 Å². The van der Waals surface area contributed by atoms with Gasteiger partial charge >= 0.3 is 6.18 Å². The van der Waals surface area contributed by atoms with Crippen molar-refractivity contribution >= 4 is 5.69 Å². The molecule has 0 spiro atoms. The van der Waals surface area contributed by atoms with E-state index in [1.165, 1.54) is 6.07 Å². The standard InChI is InChI=1S/C13H12F3N3/c14-13(15,16)8-1-2-11(7(3-8)4-17)19-12-9-5-18-6-10(9)12/h1-3,9-10,12,18-19H,5-6H2. The fraction of sp³-hybridized carbons (Fsp3) is 0.462. The maximum Gasteiger partial charge on any atom is 0.416 e. The zero-order valence-corrected chi connectivity index (χ0v) is 9.96. The lowest BCUT2D eigenvalue weighted by Crippen LogP contribution is -2.21. The highest BCUT2D eigenvalue weighted by atomic mass is 19.4. The van der Waals surface area contributed by atoms with Crippen molar-refractivity contribution in [2.75, 3.05) is 18.4 Å². The molecule has 0 amide bonds. The van der Waals surface area contributed by atoms with E-state index in [0.29, 0.717) is 17.5 Å². The third-order valence-electron chi connectivity index (χ3n) is 3.88. The van der Waals surface area contributed by atoms with Crippen LogP contribution in [0.1, 0.15) is 11.1 Å². The van der Waals surface area contributed by atoms with Gasteiger partial charge in [-0.3, -0.25) is 0 Å². The Balaban J connectivity index is 1.80. The highest BCUT2D eigenvalue weighted by molar-refractivity contribution is 5.60. The first-order valence-electron chi connectivity index (χ1n) is 6.09. The van der Waals surface area contributed by atoms with E-state index in [2.05, 4.69) is 10.6 Å². The largest absolute Gasteiger partial charge is 0.416 e. The first-order valence-corrected chi connectivity index (χ1v) is 6.09. The zero-order valence-electron chi connectivity index (χ0n) is 9.96. The smallest absolute Gasteiger partial charge is 0.381 e. The normalized spacial score (nSPS) is 28.6. The number of rotatable bonds is 2. The highest BCUT2D eigenvalue weighted by Gasteiger charge is 2.53. The van der Waals surface area contributed by atoms with Gasteiger partial charge in [-0.15, -0.1) is 0 Å². The number of hydrogen-bond donors (Lipinski definition) is 2. The van der Waals surface area contributed by atoms with E-state index >= 15 is 0 Å². The molecule has 2 unspecified atom stereocenters. The third-order valence-corrected chi connectivity index (χ3v) is 3.88. The van der Waals surface area contributed by atoms with Crippen molar-refractivity contribution < 1.29 is 13.2 Å². The lowest BCUT2D eigenvalue weighted by Gasteiger charge is -2.13. The van der Waals surface area contributed by atoms with Gasteiger partial charge in [-0.05, 0) is 30.0 Å². The lowest BCUT2D eigenvalue weighted by molar-refractivity contribution is -0.137. The molecule has 1 aliphatic carbocycles. The van der Waals surface area contributed by atoms with Crippen LogP contribution < -0.4 is 10.6 Å². The molecule has 100 valence electrons. The maximum atomic E-state index is 12.6. The number of nitriles is 1. The summed E-state index contributed by atoms with van der Waals surface area (Å²) < 4.78 is 37.7. The van der Waals surface area contributed by atoms with E-state index in [4.69, 9.17) is 5.26 Å². The van der Waals surface area contributed by atoms with Gasteiger partial charge in [-0.1, -0.05) is 0 Å². The van der Waals surface area contributed by atoms with Gasteiger partial charge in [0.25, 0.3) is 0 Å². The number of alkyl halides is 3. The molecule has 1 saturated heterocycles. The second kappa shape index (κ2) is 4.14. The molecule has 1 saturated carbocycles. The molecule has 0 radical (unpaired) electrons. The van der Waals surface area contributed by atoms with Gasteiger partial charge in [0, 0.05) is 19.1 Å². The van der Waals surface area contributed by atoms with Crippen LogP contribution in [0.25, 0.3) is 0 Å². The molecule has 1 aromatic rings. The number of anilines is 1. The van der Waals surface area contributed by atoms with E-state index in [-0.39, 0.29) is 11.6 Å². The fourth-order valence-electron chi connectivity index (χ4n) is 2.75. The number of fused-ring (bicyclic) bond motifs is 1. The zero-order chi connectivity index (χ0) is 13.6. The second-order valence-corrected chi connectivity index (χ2v) is 5.03. The topological polar surface area (TPSA) is 47.9 Å². The molecule has 3 rings (SSSR count). The minimum atomic E-state index is -4.41. The number of benzene rings is 1. The van der Waals surface area contributed by atoms with Crippen LogP contribution in [0.15, 0.2) is 18.2 Å². The molecule has 19 heavy (non-hydrogen) atoms. The first-order chi connectivity index (χ1) is 9.00. The average molecular weight is 267 g/mol. The Kier molecular flexibility index (Phi) is 2.68. The van der Waals surface area contributed by atoms with Crippen molar-refractivity contribution in [3.05, 3.63) is 29.3 Å². The van der Waals surface area contributed by atoms with E-state index in [0.717, 1.165) is 25.2 Å². The summed E-state index contributed by atoms with van der Waals surface area (Å²) >= 11 is 0. The molecule has 2 fully saturated rings. The minimum absolute atomic E-state index is 0.0488. The van der Waals surface area contributed by atoms with E-state index in [9.17, 15) is 13.2 Å². The molecule has 3 nitrogen and oxygen atoms in total. The average Bonchev–Trinajstić information content (AvgIpc) is 2.81. The van der Waals surface area contributed by atoms with Gasteiger partial charge in [0.15, 0.2) is 0 Å². The van der Waals surface area contributed by atoms with Gasteiger partial charge in [0.1, 0.15) is 6.07 Å². The van der Waals surface area contributed by atoms with Crippen LogP contribution >= 0.6 is 0 Å². The van der Waals surface area contributed by atoms with Crippen molar-refractivity contribution in [1.29, 1.82) is 5.26 Å². The summed E-state index contributed by atoms with van der Waals surface area (Å²) in [6.07, 6.45) is -4.41. The van der Waals surface area contributed by atoms with Gasteiger partial charge in [-0.25, -0.2) is 0 Å². The quantitative estimate of drug-likeness (QED) is 0.863. The van der Waals surface area contributed by atoms with Crippen LogP contribution in [-0.4, -0.2) is 19.1 Å². The Morgan fingerprint density at radius 1 is 1.26 bits per heavy atom. The van der Waals surface area contributed by atoms with E-state index in [1.807, 2.05) is 6.07 Å². The molecule has 0 bridgehead atoms. The summed E-state index contributed by atoms with van der Waals surface area (Å²) in [6, 6.07) is 5.38. The van der Waals surface area contributed by atoms with E-state index in [1.54, 1.807) is 0 Å². The van der Waals surface area contributed by atoms with Crippen LogP contribution in [0, 0.1) is 23.2 Å². The molecule has 1 heterocycles. The van der Waals surface area contributed by atoms with Crippen LogP contribution in [0.2, 0.25) is 0 Å². The second-order valence-electron chi connectivity index (χ2n) is 5.03. The Morgan fingerprint density at radius 2 is 1.95 bits per heavy atom. The van der Waals surface area contributed by atoms with Crippen LogP contribution in [0.3, 0.4) is 0 Å². The molecule has 0 aromatic heterocycles. The maximum absolute atomic E-state index is 12.6. The SMILES string of the molecule is N#Cc1cc(C(F)(F)F)ccc1NC1C2CNCC21. The fourth-order valence-corrected chi connectivity index (χ4v) is 2.75. The predicted molar refractivity (Wildman–Crippen MR) is 63.4 cm³/mol. The highest BCUT2D eigenvalue weighted by Crippen LogP contribution is 2.44. The summed E-state index contributed by atoms with van der Waals surface area (Å²) in [4.78, 5) is 0. The summed E-state index contributed by atoms with van der Waals surface area (Å²) in [5.74, 6) is 1.07. The number of nitrogens with zero attached hydrogens (tertiary/aromatic N) is 1. The van der Waals surface area contributed by atoms with Gasteiger partial charge < -0.3 is 10.6 Å². The number of nitrogens with one attached hydrogen (secondary N) is 2. The lowest BCUT2D eigenvalue weighted by atomic mass is 10.1. The van der Waals surface area contributed by atoms with Crippen molar-refractivity contribution in [1.82, 2.24) is 5.32 Å². The van der Waals surface area contributed by atoms with Crippen LogP contribution in [0.5, 0.6) is 0 Å². The summed E-state index contributed by atoms with van der Waals surface area (Å²) in [6.45, 7) is 1.87. The monoisotopic (exact) mass is 267 g/mol. The van der Waals surface area contributed by atoms with Gasteiger partial charge in [0.2, 0.25) is 0 Å². The molecule has 2 N–H and O–H groups in total. The van der Waals surface area contributed by atoms with Gasteiger partial charge in [-0.2, -0.15) is 18.4 Å². The Morgan fingerprint density at radius 3 is 2.53 bits per heavy atom. The van der Waals surface area contributed by atoms with Crippen LogP contribution in [0.4, 0.5) is 18.9 Å². The number of hydrogen-bond acceptors (Lipinski definition) is 3. The number of piperidine rings is 1. The molecule has 2 aliphatic rings. The molecule has 6 heteroatoms. The third kappa shape index (κ3) is 2.15. The molecule has 2 atom stereocenters. The molecular weight excluding hydrogens is 255 g/mol. The first kappa shape index (κ1) is 12.3. The van der Waals surface area contributed by atoms with E-state index < -0.39 is 11.7 Å². The van der Waals surface area contributed by atoms with Crippen LogP contribution in [-0.2, 0) is 6.18 Å². The Bertz CT molecular complexity index is 537. The number of halogens is 3. The molecular formula is C13H12F3N3. The molecule has 1 aromatic carbocycles. The molecule has 1 aliphatic heterocycles. The minimum Gasteiger partial charge on any atom is -0.381 e. The Hall–Kier alpha value is -1.74. The summed E-state index contributed by atoms with van der Waals surface area (Å²) in [7, 11) is 0. The Labute approximate surface area is 108 Å². The van der Waals surface area contributed by atoms with Gasteiger partial charge in [0.05, 0.1) is 16.8 Å². The van der Waals surface area contributed by atoms with Crippen molar-refractivity contribution in [2.45, 2.75) is 12.2 Å². The van der Waals surface area contributed by atoms with Crippen molar-refractivity contribution in [2.24, 2.45) is 11.8 Å². The van der Waals surface area contributed by atoms with Crippen molar-refractivity contribution in [3.63, 3.8) is 0 Å². The summed E-state index contributed by atoms with van der Waals surface area (Å²) in [5.41, 5.74) is -0.241. The predicted octanol–water partition coefficient (Wildman–Crippen LogP) is 2.21.